The van der Waals surface area contributed by atoms with Crippen LogP contribution in [0.25, 0.3) is 10.2 Å². The maximum Gasteiger partial charge on any atom is 0.260 e. The third kappa shape index (κ3) is 3.61. The number of benzene rings is 1. The summed E-state index contributed by atoms with van der Waals surface area (Å²) < 4.78 is 13.1. The second-order valence-corrected chi connectivity index (χ2v) is 7.17. The maximum absolute atomic E-state index is 13.1. The molecule has 0 aliphatic heterocycles. The molecule has 1 amide bonds. The highest BCUT2D eigenvalue weighted by atomic mass is 35.5. The van der Waals surface area contributed by atoms with Gasteiger partial charge in [0, 0.05) is 5.69 Å². The van der Waals surface area contributed by atoms with Crippen molar-refractivity contribution in [2.75, 3.05) is 11.1 Å². The van der Waals surface area contributed by atoms with Crippen molar-refractivity contribution in [2.45, 2.75) is 12.1 Å². The molecule has 1 aromatic carbocycles. The van der Waals surface area contributed by atoms with E-state index in [4.69, 9.17) is 11.6 Å². The molecule has 0 atom stereocenters. The topological polar surface area (TPSA) is 74.8 Å². The maximum atomic E-state index is 13.1. The molecule has 3 aromatic rings. The van der Waals surface area contributed by atoms with Crippen LogP contribution in [0.15, 0.2) is 33.5 Å². The van der Waals surface area contributed by atoms with Gasteiger partial charge in [-0.1, -0.05) is 23.4 Å². The lowest BCUT2D eigenvalue weighted by atomic mass is 10.3. The first-order chi connectivity index (χ1) is 11.4. The number of H-pyrrole nitrogens is 1. The Bertz CT molecular complexity index is 986. The third-order valence-corrected chi connectivity index (χ3v) is 5.30. The summed E-state index contributed by atoms with van der Waals surface area (Å²) >= 11 is 8.17. The van der Waals surface area contributed by atoms with Gasteiger partial charge >= 0.3 is 0 Å². The molecule has 0 spiro atoms. The molecule has 2 heterocycles. The molecule has 5 nitrogen and oxygen atoms in total. The monoisotopic (exact) mass is 383 g/mol. The van der Waals surface area contributed by atoms with Crippen LogP contribution in [-0.4, -0.2) is 21.6 Å². The van der Waals surface area contributed by atoms with Gasteiger partial charge < -0.3 is 10.3 Å². The molecule has 0 aliphatic carbocycles. The van der Waals surface area contributed by atoms with Gasteiger partial charge in [-0.2, -0.15) is 0 Å². The van der Waals surface area contributed by atoms with Gasteiger partial charge in [0.25, 0.3) is 5.56 Å². The van der Waals surface area contributed by atoms with E-state index >= 15 is 0 Å². The van der Waals surface area contributed by atoms with Gasteiger partial charge in [-0.3, -0.25) is 9.59 Å². The van der Waals surface area contributed by atoms with Crippen LogP contribution in [0.4, 0.5) is 10.1 Å². The van der Waals surface area contributed by atoms with E-state index in [0.29, 0.717) is 21.1 Å². The molecule has 24 heavy (non-hydrogen) atoms. The van der Waals surface area contributed by atoms with Gasteiger partial charge in [-0.15, -0.1) is 11.3 Å². The quantitative estimate of drug-likeness (QED) is 0.530. The minimum Gasteiger partial charge on any atom is -0.325 e. The summed E-state index contributed by atoms with van der Waals surface area (Å²) in [5.74, 6) is -0.813. The Labute approximate surface area is 149 Å². The highest BCUT2D eigenvalue weighted by Gasteiger charge is 2.11. The molecule has 0 unspecified atom stereocenters. The zero-order valence-corrected chi connectivity index (χ0v) is 14.7. The number of carbonyl (C=O) groups is 1. The number of thiophene rings is 1. The van der Waals surface area contributed by atoms with Crippen LogP contribution in [0.3, 0.4) is 0 Å². The second kappa shape index (κ2) is 6.92. The van der Waals surface area contributed by atoms with Crippen molar-refractivity contribution < 1.29 is 9.18 Å². The lowest BCUT2D eigenvalue weighted by Gasteiger charge is -2.05. The van der Waals surface area contributed by atoms with Gasteiger partial charge in [-0.25, -0.2) is 9.37 Å². The number of aromatic nitrogens is 2. The summed E-state index contributed by atoms with van der Waals surface area (Å²) in [4.78, 5) is 31.6. The van der Waals surface area contributed by atoms with Crippen molar-refractivity contribution in [2.24, 2.45) is 0 Å². The summed E-state index contributed by atoms with van der Waals surface area (Å²) in [6.07, 6.45) is 0. The molecule has 2 N–H and O–H groups in total. The Morgan fingerprint density at radius 3 is 3.04 bits per heavy atom. The molecule has 9 heteroatoms. The number of aryl methyl sites for hydroxylation is 1. The van der Waals surface area contributed by atoms with E-state index in [2.05, 4.69) is 15.3 Å². The fourth-order valence-electron chi connectivity index (χ4n) is 2.04. The lowest BCUT2D eigenvalue weighted by Crippen LogP contribution is -2.15. The number of fused-ring (bicyclic) bond motifs is 1. The second-order valence-electron chi connectivity index (χ2n) is 4.94. The minimum atomic E-state index is -0.551. The van der Waals surface area contributed by atoms with E-state index in [9.17, 15) is 14.0 Å². The van der Waals surface area contributed by atoms with E-state index in [0.717, 1.165) is 17.3 Å². The number of carbonyl (C=O) groups excluding carboxylic acids is 1. The first-order valence-electron chi connectivity index (χ1n) is 6.80. The van der Waals surface area contributed by atoms with Crippen molar-refractivity contribution in [1.82, 2.24) is 9.97 Å². The first kappa shape index (κ1) is 16.9. The molecular formula is C15H11ClFN3O2S2. The van der Waals surface area contributed by atoms with Crippen LogP contribution >= 0.6 is 34.7 Å². The van der Waals surface area contributed by atoms with E-state index in [-0.39, 0.29) is 22.2 Å². The number of hydrogen-bond donors (Lipinski definition) is 2. The van der Waals surface area contributed by atoms with Crippen LogP contribution < -0.4 is 10.9 Å². The molecule has 0 aliphatic rings. The molecule has 0 saturated heterocycles. The predicted molar refractivity (Wildman–Crippen MR) is 95.7 cm³/mol. The van der Waals surface area contributed by atoms with E-state index in [1.807, 2.05) is 12.3 Å². The van der Waals surface area contributed by atoms with Crippen molar-refractivity contribution >= 4 is 56.5 Å². The first-order valence-corrected chi connectivity index (χ1v) is 9.04. The zero-order valence-electron chi connectivity index (χ0n) is 12.4. The largest absolute Gasteiger partial charge is 0.325 e. The number of nitrogens with one attached hydrogen (secondary N) is 2. The molecule has 0 bridgehead atoms. The van der Waals surface area contributed by atoms with E-state index in [1.54, 1.807) is 0 Å². The Morgan fingerprint density at radius 2 is 2.29 bits per heavy atom. The Balaban J connectivity index is 1.68. The Kier molecular flexibility index (Phi) is 4.88. The lowest BCUT2D eigenvalue weighted by molar-refractivity contribution is -0.113. The Hall–Kier alpha value is -1.90. The van der Waals surface area contributed by atoms with Crippen LogP contribution in [0.2, 0.25) is 5.02 Å². The van der Waals surface area contributed by atoms with Gasteiger partial charge in [0.1, 0.15) is 10.6 Å². The van der Waals surface area contributed by atoms with E-state index in [1.165, 1.54) is 29.5 Å². The van der Waals surface area contributed by atoms with Gasteiger partial charge in [0.05, 0.1) is 16.2 Å². The van der Waals surface area contributed by atoms with Crippen molar-refractivity contribution in [3.05, 3.63) is 50.3 Å². The van der Waals surface area contributed by atoms with Crippen molar-refractivity contribution in [3.8, 4) is 0 Å². The minimum absolute atomic E-state index is 0.0494. The Morgan fingerprint density at radius 1 is 1.50 bits per heavy atom. The molecule has 124 valence electrons. The molecule has 0 radical (unpaired) electrons. The molecule has 0 saturated carbocycles. The summed E-state index contributed by atoms with van der Waals surface area (Å²) in [7, 11) is 0. The highest BCUT2D eigenvalue weighted by Crippen LogP contribution is 2.23. The van der Waals surface area contributed by atoms with Crippen LogP contribution in [0.5, 0.6) is 0 Å². The van der Waals surface area contributed by atoms with Crippen LogP contribution in [0.1, 0.15) is 5.56 Å². The number of rotatable bonds is 4. The standard InChI is InChI=1S/C15H11ClFN3O2S2/c1-7-5-23-14-12(7)13(22)19-15(20-14)24-6-11(21)18-8-2-3-10(17)9(16)4-8/h2-5H,6H2,1H3,(H,18,21)(H,19,20,22). The SMILES string of the molecule is Cc1csc2nc(SCC(=O)Nc3ccc(F)c(Cl)c3)[nH]c(=O)c12. The average Bonchev–Trinajstić information content (AvgIpc) is 2.91. The van der Waals surface area contributed by atoms with E-state index < -0.39 is 5.82 Å². The number of halogens is 2. The van der Waals surface area contributed by atoms with Gasteiger partial charge in [-0.05, 0) is 36.1 Å². The summed E-state index contributed by atoms with van der Waals surface area (Å²) in [5.41, 5.74) is 1.07. The molecule has 3 rings (SSSR count). The smallest absolute Gasteiger partial charge is 0.260 e. The molecule has 0 fully saturated rings. The number of aromatic amines is 1. The highest BCUT2D eigenvalue weighted by molar-refractivity contribution is 7.99. The average molecular weight is 384 g/mol. The van der Waals surface area contributed by atoms with Gasteiger partial charge in [0.15, 0.2) is 5.16 Å². The summed E-state index contributed by atoms with van der Waals surface area (Å²) in [6.45, 7) is 1.85. The number of hydrogen-bond acceptors (Lipinski definition) is 5. The van der Waals surface area contributed by atoms with Crippen molar-refractivity contribution in [3.63, 3.8) is 0 Å². The molecular weight excluding hydrogens is 373 g/mol. The number of thioether (sulfide) groups is 1. The zero-order chi connectivity index (χ0) is 17.3. The van der Waals surface area contributed by atoms with Gasteiger partial charge in [0.2, 0.25) is 5.91 Å². The summed E-state index contributed by atoms with van der Waals surface area (Å²) in [5, 5.41) is 5.37. The summed E-state index contributed by atoms with van der Waals surface area (Å²) in [6, 6.07) is 3.93. The number of anilines is 1. The fourth-order valence-corrected chi connectivity index (χ4v) is 3.86. The van der Waals surface area contributed by atoms with Crippen molar-refractivity contribution in [1.29, 1.82) is 0 Å². The third-order valence-electron chi connectivity index (χ3n) is 3.15. The molecule has 2 aromatic heterocycles. The van der Waals surface area contributed by atoms with Crippen LogP contribution in [0, 0.1) is 12.7 Å². The predicted octanol–water partition coefficient (Wildman–Crippen LogP) is 3.82. The number of amides is 1. The normalized spacial score (nSPS) is 11.0. The fraction of sp³-hybridized carbons (Fsp3) is 0.133. The van der Waals surface area contributed by atoms with Crippen LogP contribution in [-0.2, 0) is 4.79 Å². The number of nitrogens with zero attached hydrogens (tertiary/aromatic N) is 1.